The van der Waals surface area contributed by atoms with Crippen LogP contribution in [0.2, 0.25) is 0 Å². The van der Waals surface area contributed by atoms with E-state index in [-0.39, 0.29) is 0 Å². The zero-order chi connectivity index (χ0) is 13.8. The summed E-state index contributed by atoms with van der Waals surface area (Å²) in [7, 11) is 2.15. The molecule has 2 unspecified atom stereocenters. The Balaban J connectivity index is 1.62. The molecule has 1 N–H and O–H groups in total. The van der Waals surface area contributed by atoms with Gasteiger partial charge in [-0.25, -0.2) is 0 Å². The molecule has 20 heavy (non-hydrogen) atoms. The number of nitrogens with one attached hydrogen (secondary N) is 1. The van der Waals surface area contributed by atoms with E-state index in [1.165, 1.54) is 83.5 Å². The third-order valence-corrected chi connectivity index (χ3v) is 6.33. The zero-order valence-electron chi connectivity index (χ0n) is 13.3. The van der Waals surface area contributed by atoms with E-state index in [4.69, 9.17) is 4.74 Å². The van der Waals surface area contributed by atoms with Crippen molar-refractivity contribution in [2.45, 2.75) is 102 Å². The average Bonchev–Trinajstić information content (AvgIpc) is 2.86. The third-order valence-electron chi connectivity index (χ3n) is 6.33. The highest BCUT2D eigenvalue weighted by atomic mass is 16.5. The predicted octanol–water partition coefficient (Wildman–Crippen LogP) is 4.43. The fourth-order valence-corrected chi connectivity index (χ4v) is 5.01. The van der Waals surface area contributed by atoms with Gasteiger partial charge in [-0.15, -0.1) is 0 Å². The molecule has 0 aromatic heterocycles. The molecule has 0 aromatic rings. The second-order valence-electron chi connectivity index (χ2n) is 7.46. The van der Waals surface area contributed by atoms with E-state index in [0.29, 0.717) is 17.6 Å². The van der Waals surface area contributed by atoms with Gasteiger partial charge in [0.1, 0.15) is 0 Å². The molecule has 1 spiro atoms. The second-order valence-corrected chi connectivity index (χ2v) is 7.46. The topological polar surface area (TPSA) is 21.3 Å². The summed E-state index contributed by atoms with van der Waals surface area (Å²) in [5.74, 6) is 0. The van der Waals surface area contributed by atoms with Gasteiger partial charge in [0.25, 0.3) is 0 Å². The van der Waals surface area contributed by atoms with Crippen molar-refractivity contribution < 1.29 is 4.74 Å². The molecule has 0 aromatic carbocycles. The van der Waals surface area contributed by atoms with E-state index in [1.54, 1.807) is 0 Å². The first-order valence-electron chi connectivity index (χ1n) is 9.18. The molecule has 2 nitrogen and oxygen atoms in total. The molecule has 116 valence electrons. The van der Waals surface area contributed by atoms with Gasteiger partial charge in [0.2, 0.25) is 0 Å². The summed E-state index contributed by atoms with van der Waals surface area (Å²) in [5, 5.41) is 3.59. The number of hydrogen-bond acceptors (Lipinski definition) is 2. The van der Waals surface area contributed by atoms with Gasteiger partial charge in [-0.3, -0.25) is 0 Å². The number of ether oxygens (including phenoxy) is 1. The van der Waals surface area contributed by atoms with Gasteiger partial charge >= 0.3 is 0 Å². The van der Waals surface area contributed by atoms with Crippen molar-refractivity contribution in [1.29, 1.82) is 0 Å². The van der Waals surface area contributed by atoms with E-state index in [2.05, 4.69) is 12.4 Å². The van der Waals surface area contributed by atoms with Crippen LogP contribution in [0.5, 0.6) is 0 Å². The molecule has 0 amide bonds. The molecule has 3 rings (SSSR count). The molecule has 2 atom stereocenters. The van der Waals surface area contributed by atoms with Crippen molar-refractivity contribution in [2.24, 2.45) is 5.41 Å². The van der Waals surface area contributed by atoms with Crippen LogP contribution >= 0.6 is 0 Å². The highest BCUT2D eigenvalue weighted by Crippen LogP contribution is 2.53. The maximum Gasteiger partial charge on any atom is 0.0665 e. The molecule has 0 radical (unpaired) electrons. The molecule has 0 saturated heterocycles. The Morgan fingerprint density at radius 2 is 1.45 bits per heavy atom. The number of hydrogen-bond donors (Lipinski definition) is 1. The third kappa shape index (κ3) is 2.92. The molecule has 2 heteroatoms. The van der Waals surface area contributed by atoms with Crippen molar-refractivity contribution in [3.8, 4) is 0 Å². The SMILES string of the molecule is CNC1CC(OC2CCCCCC2)C12CCCCCC2. The minimum Gasteiger partial charge on any atom is -0.374 e. The lowest BCUT2D eigenvalue weighted by Crippen LogP contribution is -2.63. The fourth-order valence-electron chi connectivity index (χ4n) is 5.01. The Kier molecular flexibility index (Phi) is 5.04. The van der Waals surface area contributed by atoms with Gasteiger partial charge in [-0.05, 0) is 39.2 Å². The summed E-state index contributed by atoms with van der Waals surface area (Å²) in [4.78, 5) is 0. The van der Waals surface area contributed by atoms with Crippen LogP contribution in [0.15, 0.2) is 0 Å². The Morgan fingerprint density at radius 1 is 0.850 bits per heavy atom. The maximum absolute atomic E-state index is 6.65. The molecule has 3 aliphatic rings. The second kappa shape index (κ2) is 6.79. The van der Waals surface area contributed by atoms with Crippen molar-refractivity contribution in [3.63, 3.8) is 0 Å². The molecule has 0 heterocycles. The highest BCUT2D eigenvalue weighted by Gasteiger charge is 2.54. The average molecular weight is 279 g/mol. The number of rotatable bonds is 3. The lowest BCUT2D eigenvalue weighted by molar-refractivity contribution is -0.170. The van der Waals surface area contributed by atoms with Crippen LogP contribution in [0.4, 0.5) is 0 Å². The van der Waals surface area contributed by atoms with Crippen LogP contribution in [-0.2, 0) is 4.74 Å². The summed E-state index contributed by atoms with van der Waals surface area (Å²) in [6, 6.07) is 0.719. The molecule has 0 bridgehead atoms. The summed E-state index contributed by atoms with van der Waals surface area (Å²) in [5.41, 5.74) is 0.484. The fraction of sp³-hybridized carbons (Fsp3) is 1.00. The van der Waals surface area contributed by atoms with E-state index in [0.717, 1.165) is 6.04 Å². The Bertz CT molecular complexity index is 288. The van der Waals surface area contributed by atoms with E-state index >= 15 is 0 Å². The van der Waals surface area contributed by atoms with Gasteiger partial charge in [0, 0.05) is 11.5 Å². The monoisotopic (exact) mass is 279 g/mol. The van der Waals surface area contributed by atoms with E-state index < -0.39 is 0 Å². The predicted molar refractivity (Wildman–Crippen MR) is 84.0 cm³/mol. The minimum absolute atomic E-state index is 0.484. The smallest absolute Gasteiger partial charge is 0.0665 e. The Labute approximate surface area is 125 Å². The van der Waals surface area contributed by atoms with Crippen LogP contribution in [0.3, 0.4) is 0 Å². The standard InChI is InChI=1S/C18H33NO/c1-19-16-14-17(18(16)12-8-4-5-9-13-18)20-15-10-6-2-3-7-11-15/h15-17,19H,2-14H2,1H3. The molecular formula is C18H33NO. The first-order valence-corrected chi connectivity index (χ1v) is 9.18. The Hall–Kier alpha value is -0.0800. The molecule has 3 saturated carbocycles. The Morgan fingerprint density at radius 3 is 2.05 bits per heavy atom. The molecule has 3 fully saturated rings. The van der Waals surface area contributed by atoms with Gasteiger partial charge in [0.15, 0.2) is 0 Å². The first-order chi connectivity index (χ1) is 9.85. The van der Waals surface area contributed by atoms with E-state index in [1.807, 2.05) is 0 Å². The highest BCUT2D eigenvalue weighted by molar-refractivity contribution is 5.08. The van der Waals surface area contributed by atoms with Crippen LogP contribution in [-0.4, -0.2) is 25.3 Å². The quantitative estimate of drug-likeness (QED) is 0.772. The summed E-state index contributed by atoms with van der Waals surface area (Å²) in [6.45, 7) is 0. The summed E-state index contributed by atoms with van der Waals surface area (Å²) >= 11 is 0. The van der Waals surface area contributed by atoms with Gasteiger partial charge < -0.3 is 10.1 Å². The van der Waals surface area contributed by atoms with Gasteiger partial charge in [-0.2, -0.15) is 0 Å². The van der Waals surface area contributed by atoms with E-state index in [9.17, 15) is 0 Å². The normalized spacial score (nSPS) is 35.2. The van der Waals surface area contributed by atoms with Crippen LogP contribution < -0.4 is 5.32 Å². The van der Waals surface area contributed by atoms with Gasteiger partial charge in [0.05, 0.1) is 12.2 Å². The van der Waals surface area contributed by atoms with Crippen LogP contribution in [0.1, 0.15) is 83.5 Å². The minimum atomic E-state index is 0.484. The van der Waals surface area contributed by atoms with Crippen molar-refractivity contribution in [2.75, 3.05) is 7.05 Å². The van der Waals surface area contributed by atoms with Crippen molar-refractivity contribution in [1.82, 2.24) is 5.32 Å². The van der Waals surface area contributed by atoms with Crippen molar-refractivity contribution in [3.05, 3.63) is 0 Å². The summed E-state index contributed by atoms with van der Waals surface area (Å²) < 4.78 is 6.65. The summed E-state index contributed by atoms with van der Waals surface area (Å²) in [6.07, 6.45) is 19.2. The zero-order valence-corrected chi connectivity index (χ0v) is 13.3. The lowest BCUT2D eigenvalue weighted by Gasteiger charge is -2.56. The van der Waals surface area contributed by atoms with Crippen molar-refractivity contribution >= 4 is 0 Å². The van der Waals surface area contributed by atoms with Gasteiger partial charge in [-0.1, -0.05) is 51.4 Å². The largest absolute Gasteiger partial charge is 0.374 e. The molecule has 3 aliphatic carbocycles. The molecule has 0 aliphatic heterocycles. The lowest BCUT2D eigenvalue weighted by atomic mass is 9.57. The van der Waals surface area contributed by atoms with Crippen LogP contribution in [0.25, 0.3) is 0 Å². The maximum atomic E-state index is 6.65. The van der Waals surface area contributed by atoms with Crippen LogP contribution in [0, 0.1) is 5.41 Å². The first kappa shape index (κ1) is 14.8. The molecular weight excluding hydrogens is 246 g/mol.